The van der Waals surface area contributed by atoms with Crippen LogP contribution in [0.4, 0.5) is 0 Å². The van der Waals surface area contributed by atoms with Crippen molar-refractivity contribution in [3.63, 3.8) is 0 Å². The minimum absolute atomic E-state index is 0.561. The van der Waals surface area contributed by atoms with Crippen molar-refractivity contribution < 1.29 is 0 Å². The Hall–Kier alpha value is -1.48. The highest BCUT2D eigenvalue weighted by Crippen LogP contribution is 2.25. The van der Waals surface area contributed by atoms with E-state index in [1.165, 1.54) is 0 Å². The Kier molecular flexibility index (Phi) is 2.41. The maximum atomic E-state index is 6.06. The lowest BCUT2D eigenvalue weighted by atomic mass is 10.1. The van der Waals surface area contributed by atoms with E-state index in [0.717, 1.165) is 5.56 Å². The van der Waals surface area contributed by atoms with Crippen LogP contribution < -0.4 is 0 Å². The van der Waals surface area contributed by atoms with Gasteiger partial charge in [0.05, 0.1) is 10.7 Å². The predicted molar refractivity (Wildman–Crippen MR) is 55.0 cm³/mol. The standard InChI is InChI=1S/C10H8ClN3/c1-7-9(11)10(13-14-12-7)8-5-3-2-4-6-8/h2-6H,1H3. The van der Waals surface area contributed by atoms with Gasteiger partial charge in [0, 0.05) is 5.56 Å². The number of hydrogen-bond donors (Lipinski definition) is 0. The summed E-state index contributed by atoms with van der Waals surface area (Å²) in [4.78, 5) is 0. The minimum atomic E-state index is 0.561. The number of nitrogens with zero attached hydrogens (tertiary/aromatic N) is 3. The summed E-state index contributed by atoms with van der Waals surface area (Å²) < 4.78 is 0. The van der Waals surface area contributed by atoms with E-state index in [9.17, 15) is 0 Å². The van der Waals surface area contributed by atoms with Crippen molar-refractivity contribution in [2.75, 3.05) is 0 Å². The molecule has 0 bridgehead atoms. The number of halogens is 1. The Bertz CT molecular complexity index is 442. The molecule has 3 nitrogen and oxygen atoms in total. The number of hydrogen-bond acceptors (Lipinski definition) is 3. The largest absolute Gasteiger partial charge is 0.134 e. The molecule has 1 aromatic carbocycles. The molecule has 0 fully saturated rings. The Morgan fingerprint density at radius 1 is 1.07 bits per heavy atom. The van der Waals surface area contributed by atoms with Gasteiger partial charge in [-0.25, -0.2) is 0 Å². The van der Waals surface area contributed by atoms with Gasteiger partial charge in [-0.3, -0.25) is 0 Å². The molecule has 1 aromatic heterocycles. The van der Waals surface area contributed by atoms with E-state index >= 15 is 0 Å². The van der Waals surface area contributed by atoms with E-state index in [4.69, 9.17) is 11.6 Å². The van der Waals surface area contributed by atoms with Crippen LogP contribution in [0.15, 0.2) is 30.3 Å². The SMILES string of the molecule is Cc1nnnc(-c2ccccc2)c1Cl. The van der Waals surface area contributed by atoms with Crippen molar-refractivity contribution in [2.45, 2.75) is 6.92 Å². The molecule has 2 aromatic rings. The number of aromatic nitrogens is 3. The summed E-state index contributed by atoms with van der Waals surface area (Å²) in [7, 11) is 0. The third kappa shape index (κ3) is 1.59. The quantitative estimate of drug-likeness (QED) is 0.718. The number of benzene rings is 1. The Balaban J connectivity index is 2.58. The topological polar surface area (TPSA) is 38.7 Å². The smallest absolute Gasteiger partial charge is 0.115 e. The van der Waals surface area contributed by atoms with Gasteiger partial charge in [-0.05, 0) is 12.1 Å². The van der Waals surface area contributed by atoms with Crippen LogP contribution in [0.25, 0.3) is 11.3 Å². The first-order valence-corrected chi connectivity index (χ1v) is 4.57. The molecule has 0 spiro atoms. The van der Waals surface area contributed by atoms with Crippen LogP contribution >= 0.6 is 11.6 Å². The van der Waals surface area contributed by atoms with Gasteiger partial charge in [0.2, 0.25) is 0 Å². The molecule has 0 amide bonds. The van der Waals surface area contributed by atoms with Crippen molar-refractivity contribution in [3.05, 3.63) is 41.0 Å². The number of rotatable bonds is 1. The van der Waals surface area contributed by atoms with Gasteiger partial charge in [-0.1, -0.05) is 41.9 Å². The molecule has 0 unspecified atom stereocenters. The van der Waals surface area contributed by atoms with Gasteiger partial charge in [0.25, 0.3) is 0 Å². The predicted octanol–water partition coefficient (Wildman–Crippen LogP) is 2.50. The average Bonchev–Trinajstić information content (AvgIpc) is 2.23. The zero-order valence-electron chi connectivity index (χ0n) is 7.61. The normalized spacial score (nSPS) is 10.1. The van der Waals surface area contributed by atoms with E-state index < -0.39 is 0 Å². The van der Waals surface area contributed by atoms with Gasteiger partial charge in [0.1, 0.15) is 5.69 Å². The zero-order chi connectivity index (χ0) is 9.97. The van der Waals surface area contributed by atoms with Gasteiger partial charge in [-0.2, -0.15) is 0 Å². The van der Waals surface area contributed by atoms with Crippen LogP contribution in [0, 0.1) is 6.92 Å². The average molecular weight is 206 g/mol. The first-order chi connectivity index (χ1) is 6.79. The Morgan fingerprint density at radius 3 is 2.50 bits per heavy atom. The molecule has 0 aliphatic heterocycles. The summed E-state index contributed by atoms with van der Waals surface area (Å²) in [5.41, 5.74) is 2.33. The number of aryl methyl sites for hydroxylation is 1. The summed E-state index contributed by atoms with van der Waals surface area (Å²) in [6.45, 7) is 1.81. The highest BCUT2D eigenvalue weighted by Gasteiger charge is 2.08. The van der Waals surface area contributed by atoms with E-state index in [1.807, 2.05) is 37.3 Å². The maximum Gasteiger partial charge on any atom is 0.115 e. The zero-order valence-corrected chi connectivity index (χ0v) is 8.36. The molecular weight excluding hydrogens is 198 g/mol. The van der Waals surface area contributed by atoms with Crippen molar-refractivity contribution in [1.29, 1.82) is 0 Å². The molecule has 0 aliphatic rings. The fourth-order valence-electron chi connectivity index (χ4n) is 1.17. The molecule has 70 valence electrons. The van der Waals surface area contributed by atoms with E-state index in [-0.39, 0.29) is 0 Å². The molecule has 0 aliphatic carbocycles. The van der Waals surface area contributed by atoms with Crippen LogP contribution in [0.3, 0.4) is 0 Å². The summed E-state index contributed by atoms with van der Waals surface area (Å²) >= 11 is 6.06. The fourth-order valence-corrected chi connectivity index (χ4v) is 1.36. The monoisotopic (exact) mass is 205 g/mol. The van der Waals surface area contributed by atoms with Crippen molar-refractivity contribution in [1.82, 2.24) is 15.4 Å². The maximum absolute atomic E-state index is 6.06. The highest BCUT2D eigenvalue weighted by atomic mass is 35.5. The van der Waals surface area contributed by atoms with Crippen LogP contribution in [-0.2, 0) is 0 Å². The second-order valence-corrected chi connectivity index (χ2v) is 3.28. The molecule has 0 N–H and O–H groups in total. The summed E-state index contributed by atoms with van der Waals surface area (Å²) in [5, 5.41) is 11.9. The molecule has 4 heteroatoms. The van der Waals surface area contributed by atoms with E-state index in [2.05, 4.69) is 15.4 Å². The van der Waals surface area contributed by atoms with Crippen LogP contribution in [0.1, 0.15) is 5.69 Å². The summed E-state index contributed by atoms with van der Waals surface area (Å²) in [5.74, 6) is 0. The molecule has 0 atom stereocenters. The van der Waals surface area contributed by atoms with Gasteiger partial charge >= 0.3 is 0 Å². The van der Waals surface area contributed by atoms with Gasteiger partial charge in [0.15, 0.2) is 0 Å². The van der Waals surface area contributed by atoms with E-state index in [1.54, 1.807) is 0 Å². The summed E-state index contributed by atoms with van der Waals surface area (Å²) in [6.07, 6.45) is 0. The third-order valence-electron chi connectivity index (χ3n) is 1.91. The first kappa shape index (κ1) is 9.09. The van der Waals surface area contributed by atoms with Gasteiger partial charge < -0.3 is 0 Å². The fraction of sp³-hybridized carbons (Fsp3) is 0.100. The molecule has 14 heavy (non-hydrogen) atoms. The molecule has 0 radical (unpaired) electrons. The lowest BCUT2D eigenvalue weighted by Crippen LogP contribution is -1.95. The molecular formula is C10H8ClN3. The Morgan fingerprint density at radius 2 is 1.79 bits per heavy atom. The van der Waals surface area contributed by atoms with Crippen LogP contribution in [0.5, 0.6) is 0 Å². The second-order valence-electron chi connectivity index (χ2n) is 2.90. The van der Waals surface area contributed by atoms with Crippen molar-refractivity contribution >= 4 is 11.6 Å². The molecule has 0 saturated carbocycles. The van der Waals surface area contributed by atoms with E-state index in [0.29, 0.717) is 16.4 Å². The molecule has 1 heterocycles. The summed E-state index contributed by atoms with van der Waals surface area (Å²) in [6, 6.07) is 9.69. The van der Waals surface area contributed by atoms with Crippen molar-refractivity contribution in [3.8, 4) is 11.3 Å². The van der Waals surface area contributed by atoms with Gasteiger partial charge in [-0.15, -0.1) is 10.2 Å². The lowest BCUT2D eigenvalue weighted by molar-refractivity contribution is 0.845. The van der Waals surface area contributed by atoms with Crippen LogP contribution in [0.2, 0.25) is 5.02 Å². The first-order valence-electron chi connectivity index (χ1n) is 4.20. The lowest BCUT2D eigenvalue weighted by Gasteiger charge is -2.02. The third-order valence-corrected chi connectivity index (χ3v) is 2.36. The van der Waals surface area contributed by atoms with Crippen molar-refractivity contribution in [2.24, 2.45) is 0 Å². The highest BCUT2D eigenvalue weighted by molar-refractivity contribution is 6.33. The second kappa shape index (κ2) is 3.72. The molecule has 0 saturated heterocycles. The molecule has 2 rings (SSSR count). The minimum Gasteiger partial charge on any atom is -0.134 e. The van der Waals surface area contributed by atoms with Crippen LogP contribution in [-0.4, -0.2) is 15.4 Å². The Labute approximate surface area is 86.8 Å².